The van der Waals surface area contributed by atoms with Crippen molar-refractivity contribution in [2.24, 2.45) is 0 Å². The van der Waals surface area contributed by atoms with Gasteiger partial charge in [-0.05, 0) is 44.7 Å². The Kier molecular flexibility index (Phi) is 12.4. The van der Waals surface area contributed by atoms with Crippen molar-refractivity contribution in [2.75, 3.05) is 0 Å². The third-order valence-electron chi connectivity index (χ3n) is 4.53. The van der Waals surface area contributed by atoms with Crippen molar-refractivity contribution in [3.8, 4) is 0 Å². The van der Waals surface area contributed by atoms with E-state index in [0.29, 0.717) is 6.42 Å². The summed E-state index contributed by atoms with van der Waals surface area (Å²) in [4.78, 5) is 23.8. The lowest BCUT2D eigenvalue weighted by Crippen LogP contribution is -2.30. The fourth-order valence-electron chi connectivity index (χ4n) is 2.67. The van der Waals surface area contributed by atoms with Crippen LogP contribution >= 0.6 is 0 Å². The number of unbranched alkanes of at least 4 members (excludes halogenated alkanes) is 6. The maximum absolute atomic E-state index is 11.9. The Balaban J connectivity index is 2.17. The van der Waals surface area contributed by atoms with Crippen molar-refractivity contribution in [3.63, 3.8) is 0 Å². The molecule has 0 fully saturated rings. The minimum absolute atomic E-state index is 0.234. The van der Waals surface area contributed by atoms with Crippen LogP contribution in [0.3, 0.4) is 0 Å². The Labute approximate surface area is 169 Å². The number of allylic oxidation sites excluding steroid dienone is 1. The van der Waals surface area contributed by atoms with Gasteiger partial charge in [-0.1, -0.05) is 62.1 Å². The molecule has 1 rings (SSSR count). The van der Waals surface area contributed by atoms with Gasteiger partial charge in [-0.25, -0.2) is 4.79 Å². The molecule has 0 bridgehead atoms. The van der Waals surface area contributed by atoms with E-state index in [1.165, 1.54) is 25.3 Å². The van der Waals surface area contributed by atoms with Crippen molar-refractivity contribution in [1.82, 2.24) is 0 Å². The van der Waals surface area contributed by atoms with Gasteiger partial charge in [0, 0.05) is 12.5 Å². The van der Waals surface area contributed by atoms with Gasteiger partial charge in [-0.15, -0.1) is 6.58 Å². The van der Waals surface area contributed by atoms with Crippen LogP contribution in [-0.4, -0.2) is 24.1 Å². The molecule has 1 aromatic carbocycles. The van der Waals surface area contributed by atoms with Crippen LogP contribution in [0.4, 0.5) is 0 Å². The Morgan fingerprint density at radius 3 is 2.21 bits per heavy atom. The van der Waals surface area contributed by atoms with E-state index < -0.39 is 18.2 Å². The molecule has 0 radical (unpaired) electrons. The summed E-state index contributed by atoms with van der Waals surface area (Å²) in [6, 6.07) is 9.52. The van der Waals surface area contributed by atoms with E-state index in [-0.39, 0.29) is 5.97 Å². The fraction of sp³-hybridized carbons (Fsp3) is 0.500. The lowest BCUT2D eigenvalue weighted by Gasteiger charge is -2.20. The summed E-state index contributed by atoms with van der Waals surface area (Å²) in [6.45, 7) is 7.20. The SMILES string of the molecule is C=CCCCCCCCCC(=O)OC(C)C(C)OC(=O)C=Cc1ccccc1. The van der Waals surface area contributed by atoms with Crippen LogP contribution in [0.15, 0.2) is 49.1 Å². The van der Waals surface area contributed by atoms with E-state index in [1.807, 2.05) is 36.4 Å². The van der Waals surface area contributed by atoms with Crippen LogP contribution in [0.1, 0.15) is 70.8 Å². The average Bonchev–Trinajstić information content (AvgIpc) is 2.69. The molecule has 4 heteroatoms. The van der Waals surface area contributed by atoms with E-state index in [1.54, 1.807) is 19.9 Å². The van der Waals surface area contributed by atoms with Crippen LogP contribution in [0.25, 0.3) is 6.08 Å². The minimum atomic E-state index is -0.498. The molecule has 2 unspecified atom stereocenters. The molecule has 0 aliphatic heterocycles. The highest BCUT2D eigenvalue weighted by Crippen LogP contribution is 2.11. The van der Waals surface area contributed by atoms with Crippen LogP contribution in [-0.2, 0) is 19.1 Å². The number of hydrogen-bond acceptors (Lipinski definition) is 4. The Morgan fingerprint density at radius 1 is 0.929 bits per heavy atom. The molecule has 0 spiro atoms. The van der Waals surface area contributed by atoms with Crippen molar-refractivity contribution in [1.29, 1.82) is 0 Å². The van der Waals surface area contributed by atoms with Gasteiger partial charge in [0.1, 0.15) is 12.2 Å². The second-order valence-electron chi connectivity index (χ2n) is 7.03. The van der Waals surface area contributed by atoms with Crippen LogP contribution in [0, 0.1) is 0 Å². The molecule has 0 aromatic heterocycles. The fourth-order valence-corrected chi connectivity index (χ4v) is 2.67. The zero-order valence-corrected chi connectivity index (χ0v) is 17.3. The summed E-state index contributed by atoms with van der Waals surface area (Å²) in [5, 5.41) is 0. The maximum Gasteiger partial charge on any atom is 0.331 e. The summed E-state index contributed by atoms with van der Waals surface area (Å²) in [5.74, 6) is -0.683. The summed E-state index contributed by atoms with van der Waals surface area (Å²) >= 11 is 0. The zero-order valence-electron chi connectivity index (χ0n) is 17.3. The van der Waals surface area contributed by atoms with E-state index in [0.717, 1.165) is 31.2 Å². The van der Waals surface area contributed by atoms with Crippen molar-refractivity contribution in [3.05, 3.63) is 54.6 Å². The normalized spacial score (nSPS) is 13.1. The van der Waals surface area contributed by atoms with Crippen LogP contribution < -0.4 is 0 Å². The molecule has 0 saturated carbocycles. The molecule has 0 amide bonds. The summed E-state index contributed by atoms with van der Waals surface area (Å²) in [5.41, 5.74) is 0.923. The van der Waals surface area contributed by atoms with E-state index in [9.17, 15) is 9.59 Å². The van der Waals surface area contributed by atoms with Crippen molar-refractivity contribution in [2.45, 2.75) is 77.4 Å². The third-order valence-corrected chi connectivity index (χ3v) is 4.53. The molecular weight excluding hydrogens is 352 g/mol. The van der Waals surface area contributed by atoms with Gasteiger partial charge in [-0.2, -0.15) is 0 Å². The molecular formula is C24H34O4. The second kappa shape index (κ2) is 14.7. The summed E-state index contributed by atoms with van der Waals surface area (Å²) < 4.78 is 10.7. The standard InChI is InChI=1S/C24H34O4/c1-4-5-6-7-8-9-10-14-17-23(25)27-20(2)21(3)28-24(26)19-18-22-15-12-11-13-16-22/h4,11-13,15-16,18-21H,1,5-10,14,17H2,2-3H3. The highest BCUT2D eigenvalue weighted by atomic mass is 16.6. The highest BCUT2D eigenvalue weighted by Gasteiger charge is 2.19. The third kappa shape index (κ3) is 11.4. The van der Waals surface area contributed by atoms with Gasteiger partial charge in [0.05, 0.1) is 0 Å². The number of esters is 2. The molecule has 0 aliphatic carbocycles. The Hall–Kier alpha value is -2.36. The van der Waals surface area contributed by atoms with Gasteiger partial charge in [0.2, 0.25) is 0 Å². The molecule has 28 heavy (non-hydrogen) atoms. The smallest absolute Gasteiger partial charge is 0.331 e. The molecule has 4 nitrogen and oxygen atoms in total. The monoisotopic (exact) mass is 386 g/mol. The predicted molar refractivity (Wildman–Crippen MR) is 114 cm³/mol. The first kappa shape index (κ1) is 23.7. The topological polar surface area (TPSA) is 52.6 Å². The zero-order chi connectivity index (χ0) is 20.6. The van der Waals surface area contributed by atoms with E-state index in [4.69, 9.17) is 9.47 Å². The van der Waals surface area contributed by atoms with Gasteiger partial charge < -0.3 is 9.47 Å². The Bertz CT molecular complexity index is 606. The maximum atomic E-state index is 11.9. The van der Waals surface area contributed by atoms with Gasteiger partial charge in [0.25, 0.3) is 0 Å². The molecule has 1 aromatic rings. The van der Waals surface area contributed by atoms with Crippen LogP contribution in [0.5, 0.6) is 0 Å². The number of rotatable bonds is 14. The number of carbonyl (C=O) groups is 2. The molecule has 0 aliphatic rings. The van der Waals surface area contributed by atoms with E-state index >= 15 is 0 Å². The molecule has 0 saturated heterocycles. The average molecular weight is 387 g/mol. The van der Waals surface area contributed by atoms with Crippen LogP contribution in [0.2, 0.25) is 0 Å². The first-order valence-electron chi connectivity index (χ1n) is 10.3. The second-order valence-corrected chi connectivity index (χ2v) is 7.03. The highest BCUT2D eigenvalue weighted by molar-refractivity contribution is 5.87. The molecule has 2 atom stereocenters. The van der Waals surface area contributed by atoms with Crippen molar-refractivity contribution < 1.29 is 19.1 Å². The Morgan fingerprint density at radius 2 is 1.54 bits per heavy atom. The van der Waals surface area contributed by atoms with Crippen molar-refractivity contribution >= 4 is 18.0 Å². The number of benzene rings is 1. The quantitative estimate of drug-likeness (QED) is 0.174. The predicted octanol–water partition coefficient (Wildman–Crippen LogP) is 5.87. The summed E-state index contributed by atoms with van der Waals surface area (Å²) in [7, 11) is 0. The van der Waals surface area contributed by atoms with Gasteiger partial charge >= 0.3 is 11.9 Å². The van der Waals surface area contributed by atoms with E-state index in [2.05, 4.69) is 6.58 Å². The summed E-state index contributed by atoms with van der Waals surface area (Å²) in [6.07, 6.45) is 12.2. The lowest BCUT2D eigenvalue weighted by atomic mass is 10.1. The van der Waals surface area contributed by atoms with Gasteiger partial charge in [-0.3, -0.25) is 4.79 Å². The number of hydrogen-bond donors (Lipinski definition) is 0. The molecule has 0 N–H and O–H groups in total. The largest absolute Gasteiger partial charge is 0.459 e. The lowest BCUT2D eigenvalue weighted by molar-refractivity contribution is -0.162. The number of carbonyl (C=O) groups excluding carboxylic acids is 2. The number of ether oxygens (including phenoxy) is 2. The molecule has 0 heterocycles. The van der Waals surface area contributed by atoms with Gasteiger partial charge in [0.15, 0.2) is 0 Å². The molecule has 154 valence electrons. The first-order chi connectivity index (χ1) is 13.5. The first-order valence-corrected chi connectivity index (χ1v) is 10.3. The minimum Gasteiger partial charge on any atom is -0.459 e.